The van der Waals surface area contributed by atoms with Gasteiger partial charge in [-0.25, -0.2) is 0 Å². The number of aldehydes is 1. The van der Waals surface area contributed by atoms with E-state index in [4.69, 9.17) is 0 Å². The predicted octanol–water partition coefficient (Wildman–Crippen LogP) is 1.37. The summed E-state index contributed by atoms with van der Waals surface area (Å²) in [6.07, 6.45) is 4.21. The summed E-state index contributed by atoms with van der Waals surface area (Å²) < 4.78 is 0. The standard InChI is InChI=1S/C10H15NO/c1-8-5-10(7-12)4-3-9(2)11(10)6-8/h7,9H,1,3-6H2,2H3. The summed E-state index contributed by atoms with van der Waals surface area (Å²) in [4.78, 5) is 13.3. The van der Waals surface area contributed by atoms with Crippen LogP contribution in [0.15, 0.2) is 12.2 Å². The van der Waals surface area contributed by atoms with Crippen LogP contribution in [0.25, 0.3) is 0 Å². The molecule has 0 saturated carbocycles. The maximum atomic E-state index is 11.0. The van der Waals surface area contributed by atoms with E-state index in [1.807, 2.05) is 0 Å². The summed E-state index contributed by atoms with van der Waals surface area (Å²) in [5.74, 6) is 0. The van der Waals surface area contributed by atoms with Crippen molar-refractivity contribution < 1.29 is 4.79 Å². The van der Waals surface area contributed by atoms with Gasteiger partial charge >= 0.3 is 0 Å². The lowest BCUT2D eigenvalue weighted by molar-refractivity contribution is -0.116. The zero-order valence-corrected chi connectivity index (χ0v) is 7.55. The molecule has 0 aliphatic carbocycles. The predicted molar refractivity (Wildman–Crippen MR) is 48.0 cm³/mol. The minimum Gasteiger partial charge on any atom is -0.301 e. The summed E-state index contributed by atoms with van der Waals surface area (Å²) in [6, 6.07) is 0.564. The molecule has 12 heavy (non-hydrogen) atoms. The maximum absolute atomic E-state index is 11.0. The molecule has 0 N–H and O–H groups in total. The second-order valence-corrected chi connectivity index (χ2v) is 4.16. The number of nitrogens with zero attached hydrogens (tertiary/aromatic N) is 1. The first-order valence-corrected chi connectivity index (χ1v) is 4.58. The molecule has 0 radical (unpaired) electrons. The fraction of sp³-hybridized carbons (Fsp3) is 0.700. The molecule has 0 spiro atoms. The third kappa shape index (κ3) is 0.876. The number of hydrogen-bond donors (Lipinski definition) is 0. The molecule has 66 valence electrons. The number of carbonyl (C=O) groups is 1. The van der Waals surface area contributed by atoms with Gasteiger partial charge in [0.25, 0.3) is 0 Å². The van der Waals surface area contributed by atoms with E-state index in [1.165, 1.54) is 5.57 Å². The highest BCUT2D eigenvalue weighted by Crippen LogP contribution is 2.42. The number of fused-ring (bicyclic) bond motifs is 1. The monoisotopic (exact) mass is 165 g/mol. The Kier molecular flexibility index (Phi) is 1.62. The van der Waals surface area contributed by atoms with E-state index in [1.54, 1.807) is 0 Å². The molecule has 2 aliphatic heterocycles. The van der Waals surface area contributed by atoms with Crippen LogP contribution in [0.5, 0.6) is 0 Å². The lowest BCUT2D eigenvalue weighted by Gasteiger charge is -2.27. The average molecular weight is 165 g/mol. The molecule has 2 fully saturated rings. The molecule has 2 nitrogen and oxygen atoms in total. The summed E-state index contributed by atoms with van der Waals surface area (Å²) in [7, 11) is 0. The van der Waals surface area contributed by atoms with Gasteiger partial charge in [-0.15, -0.1) is 0 Å². The first-order valence-electron chi connectivity index (χ1n) is 4.58. The number of rotatable bonds is 1. The van der Waals surface area contributed by atoms with E-state index < -0.39 is 0 Å². The van der Waals surface area contributed by atoms with Crippen molar-refractivity contribution in [1.29, 1.82) is 0 Å². The normalized spacial score (nSPS) is 41.8. The maximum Gasteiger partial charge on any atom is 0.140 e. The van der Waals surface area contributed by atoms with Gasteiger partial charge in [0.05, 0.1) is 5.54 Å². The zero-order chi connectivity index (χ0) is 8.77. The largest absolute Gasteiger partial charge is 0.301 e. The van der Waals surface area contributed by atoms with Gasteiger partial charge in [0.15, 0.2) is 0 Å². The van der Waals surface area contributed by atoms with Crippen molar-refractivity contribution in [3.8, 4) is 0 Å². The third-order valence-corrected chi connectivity index (χ3v) is 3.27. The number of hydrogen-bond acceptors (Lipinski definition) is 2. The van der Waals surface area contributed by atoms with Crippen molar-refractivity contribution in [2.45, 2.75) is 37.8 Å². The molecule has 0 amide bonds. The van der Waals surface area contributed by atoms with Crippen LogP contribution in [0.2, 0.25) is 0 Å². The summed E-state index contributed by atoms with van der Waals surface area (Å²) in [6.45, 7) is 7.09. The average Bonchev–Trinajstić information content (AvgIpc) is 2.51. The Bertz CT molecular complexity index is 236. The van der Waals surface area contributed by atoms with Crippen LogP contribution < -0.4 is 0 Å². The second-order valence-electron chi connectivity index (χ2n) is 4.16. The van der Waals surface area contributed by atoms with Crippen LogP contribution in [-0.4, -0.2) is 29.3 Å². The van der Waals surface area contributed by atoms with Crippen molar-refractivity contribution >= 4 is 6.29 Å². The van der Waals surface area contributed by atoms with Gasteiger partial charge in [-0.3, -0.25) is 4.90 Å². The van der Waals surface area contributed by atoms with E-state index >= 15 is 0 Å². The fourth-order valence-corrected chi connectivity index (χ4v) is 2.60. The molecular weight excluding hydrogens is 150 g/mol. The molecule has 0 bridgehead atoms. The van der Waals surface area contributed by atoms with E-state index in [0.29, 0.717) is 6.04 Å². The van der Waals surface area contributed by atoms with Gasteiger partial charge in [0.1, 0.15) is 6.29 Å². The smallest absolute Gasteiger partial charge is 0.140 e. The molecule has 2 rings (SSSR count). The van der Waals surface area contributed by atoms with Gasteiger partial charge in [-0.2, -0.15) is 0 Å². The molecule has 0 aromatic heterocycles. The van der Waals surface area contributed by atoms with Gasteiger partial charge in [-0.1, -0.05) is 12.2 Å². The molecule has 0 aromatic carbocycles. The first-order chi connectivity index (χ1) is 5.68. The van der Waals surface area contributed by atoms with Gasteiger partial charge in [0.2, 0.25) is 0 Å². The molecule has 2 saturated heterocycles. The van der Waals surface area contributed by atoms with Gasteiger partial charge in [0, 0.05) is 12.6 Å². The van der Waals surface area contributed by atoms with E-state index in [9.17, 15) is 4.79 Å². The van der Waals surface area contributed by atoms with Crippen LogP contribution in [0.4, 0.5) is 0 Å². The summed E-state index contributed by atoms with van der Waals surface area (Å²) in [5, 5.41) is 0. The molecule has 0 aromatic rings. The molecule has 2 aliphatic rings. The number of carbonyl (C=O) groups excluding carboxylic acids is 1. The highest BCUT2D eigenvalue weighted by molar-refractivity contribution is 5.67. The SMILES string of the molecule is C=C1CN2C(C)CCC2(C=O)C1. The second kappa shape index (κ2) is 2.43. The molecule has 2 unspecified atom stereocenters. The Morgan fingerprint density at radius 2 is 2.50 bits per heavy atom. The summed E-state index contributed by atoms with van der Waals surface area (Å²) in [5.41, 5.74) is 1.06. The minimum atomic E-state index is -0.156. The van der Waals surface area contributed by atoms with Crippen molar-refractivity contribution in [1.82, 2.24) is 4.90 Å². The highest BCUT2D eigenvalue weighted by Gasteiger charge is 2.48. The first kappa shape index (κ1) is 7.99. The lowest BCUT2D eigenvalue weighted by atomic mass is 9.95. The summed E-state index contributed by atoms with van der Waals surface area (Å²) >= 11 is 0. The van der Waals surface area contributed by atoms with Crippen LogP contribution in [-0.2, 0) is 4.79 Å². The van der Waals surface area contributed by atoms with Gasteiger partial charge < -0.3 is 4.79 Å². The fourth-order valence-electron chi connectivity index (χ4n) is 2.60. The van der Waals surface area contributed by atoms with Crippen molar-refractivity contribution in [2.75, 3.05) is 6.54 Å². The Morgan fingerprint density at radius 1 is 1.75 bits per heavy atom. The zero-order valence-electron chi connectivity index (χ0n) is 7.55. The Hall–Kier alpha value is -0.630. The molecule has 2 atom stereocenters. The highest BCUT2D eigenvalue weighted by atomic mass is 16.1. The van der Waals surface area contributed by atoms with Gasteiger partial charge in [-0.05, 0) is 26.2 Å². The lowest BCUT2D eigenvalue weighted by Crippen LogP contribution is -2.42. The van der Waals surface area contributed by atoms with Crippen LogP contribution in [0.3, 0.4) is 0 Å². The Labute approximate surface area is 73.2 Å². The van der Waals surface area contributed by atoms with E-state index in [-0.39, 0.29) is 5.54 Å². The van der Waals surface area contributed by atoms with Crippen LogP contribution >= 0.6 is 0 Å². The quantitative estimate of drug-likeness (QED) is 0.432. The minimum absolute atomic E-state index is 0.156. The van der Waals surface area contributed by atoms with E-state index in [0.717, 1.165) is 32.1 Å². The van der Waals surface area contributed by atoms with Crippen molar-refractivity contribution in [3.63, 3.8) is 0 Å². The van der Waals surface area contributed by atoms with E-state index in [2.05, 4.69) is 18.4 Å². The van der Waals surface area contributed by atoms with Crippen molar-refractivity contribution in [3.05, 3.63) is 12.2 Å². The Morgan fingerprint density at radius 3 is 3.08 bits per heavy atom. The Balaban J connectivity index is 2.30. The topological polar surface area (TPSA) is 20.3 Å². The third-order valence-electron chi connectivity index (χ3n) is 3.27. The van der Waals surface area contributed by atoms with Crippen LogP contribution in [0, 0.1) is 0 Å². The van der Waals surface area contributed by atoms with Crippen molar-refractivity contribution in [2.24, 2.45) is 0 Å². The van der Waals surface area contributed by atoms with Crippen LogP contribution in [0.1, 0.15) is 26.2 Å². The molecule has 2 heterocycles. The molecule has 2 heteroatoms. The molecular formula is C10H15NO.